The van der Waals surface area contributed by atoms with E-state index in [1.54, 1.807) is 0 Å². The van der Waals surface area contributed by atoms with Gasteiger partial charge in [-0.1, -0.05) is 22.9 Å². The first-order valence-corrected chi connectivity index (χ1v) is 5.10. The Labute approximate surface area is 85.3 Å². The van der Waals surface area contributed by atoms with Gasteiger partial charge in [-0.25, -0.2) is 4.98 Å². The van der Waals surface area contributed by atoms with Crippen LogP contribution < -0.4 is 5.73 Å². The fourth-order valence-electron chi connectivity index (χ4n) is 1.38. The van der Waals surface area contributed by atoms with Gasteiger partial charge in [0.05, 0.1) is 10.2 Å². The van der Waals surface area contributed by atoms with Gasteiger partial charge in [0, 0.05) is 5.02 Å². The third-order valence-corrected chi connectivity index (χ3v) is 3.64. The lowest BCUT2D eigenvalue weighted by Gasteiger charge is -2.01. The SMILES string of the molecule is Cc1cc2nc(N)sc2c(C)c1Cl. The van der Waals surface area contributed by atoms with Crippen LogP contribution in [-0.2, 0) is 0 Å². The van der Waals surface area contributed by atoms with Gasteiger partial charge in [-0.2, -0.15) is 0 Å². The van der Waals surface area contributed by atoms with Crippen LogP contribution in [0.1, 0.15) is 11.1 Å². The summed E-state index contributed by atoms with van der Waals surface area (Å²) in [7, 11) is 0. The maximum Gasteiger partial charge on any atom is 0.181 e. The molecule has 1 aromatic carbocycles. The minimum atomic E-state index is 0.597. The third-order valence-electron chi connectivity index (χ3n) is 2.04. The number of fused-ring (bicyclic) bond motifs is 1. The number of hydrogen-bond acceptors (Lipinski definition) is 3. The van der Waals surface area contributed by atoms with Gasteiger partial charge in [0.15, 0.2) is 5.13 Å². The van der Waals surface area contributed by atoms with E-state index in [4.69, 9.17) is 17.3 Å². The molecule has 2 aromatic rings. The summed E-state index contributed by atoms with van der Waals surface area (Å²) in [6.07, 6.45) is 0. The molecule has 1 aromatic heterocycles. The van der Waals surface area contributed by atoms with Crippen LogP contribution >= 0.6 is 22.9 Å². The van der Waals surface area contributed by atoms with Crippen LogP contribution in [0.5, 0.6) is 0 Å². The number of aryl methyl sites for hydroxylation is 2. The van der Waals surface area contributed by atoms with E-state index in [1.165, 1.54) is 11.3 Å². The monoisotopic (exact) mass is 212 g/mol. The molecular formula is C9H9ClN2S. The van der Waals surface area contributed by atoms with E-state index in [0.717, 1.165) is 26.4 Å². The standard InChI is InChI=1S/C9H9ClN2S/c1-4-3-6-8(5(2)7(4)10)13-9(11)12-6/h3H,1-2H3,(H2,11,12). The molecule has 2 nitrogen and oxygen atoms in total. The quantitative estimate of drug-likeness (QED) is 0.729. The van der Waals surface area contributed by atoms with Crippen LogP contribution in [0.25, 0.3) is 10.2 Å². The zero-order valence-corrected chi connectivity index (χ0v) is 8.96. The normalized spacial score (nSPS) is 11.0. The van der Waals surface area contributed by atoms with Crippen molar-refractivity contribution in [2.75, 3.05) is 5.73 Å². The fraction of sp³-hybridized carbons (Fsp3) is 0.222. The van der Waals surface area contributed by atoms with E-state index >= 15 is 0 Å². The molecule has 0 bridgehead atoms. The number of aromatic nitrogens is 1. The third kappa shape index (κ3) is 1.28. The molecule has 0 radical (unpaired) electrons. The zero-order chi connectivity index (χ0) is 9.59. The van der Waals surface area contributed by atoms with Gasteiger partial charge < -0.3 is 5.73 Å². The van der Waals surface area contributed by atoms with E-state index in [2.05, 4.69) is 4.98 Å². The molecule has 0 aliphatic heterocycles. The predicted molar refractivity (Wildman–Crippen MR) is 58.5 cm³/mol. The highest BCUT2D eigenvalue weighted by atomic mass is 35.5. The Balaban J connectivity index is 2.92. The van der Waals surface area contributed by atoms with E-state index < -0.39 is 0 Å². The summed E-state index contributed by atoms with van der Waals surface area (Å²) in [6.45, 7) is 3.97. The molecule has 0 fully saturated rings. The van der Waals surface area contributed by atoms with Crippen molar-refractivity contribution in [2.45, 2.75) is 13.8 Å². The Morgan fingerprint density at radius 2 is 2.15 bits per heavy atom. The van der Waals surface area contributed by atoms with Crippen molar-refractivity contribution in [3.63, 3.8) is 0 Å². The lowest BCUT2D eigenvalue weighted by molar-refractivity contribution is 1.41. The number of nitrogens with two attached hydrogens (primary N) is 1. The van der Waals surface area contributed by atoms with Crippen molar-refractivity contribution in [1.29, 1.82) is 0 Å². The number of benzene rings is 1. The molecule has 68 valence electrons. The smallest absolute Gasteiger partial charge is 0.181 e. The number of hydrogen-bond donors (Lipinski definition) is 1. The highest BCUT2D eigenvalue weighted by Crippen LogP contribution is 2.33. The van der Waals surface area contributed by atoms with Crippen LogP contribution in [-0.4, -0.2) is 4.98 Å². The lowest BCUT2D eigenvalue weighted by atomic mass is 10.1. The fourth-order valence-corrected chi connectivity index (χ4v) is 2.40. The van der Waals surface area contributed by atoms with Crippen LogP contribution in [0, 0.1) is 13.8 Å². The number of rotatable bonds is 0. The lowest BCUT2D eigenvalue weighted by Crippen LogP contribution is -1.82. The molecule has 0 aliphatic carbocycles. The molecule has 0 spiro atoms. The number of nitrogens with zero attached hydrogens (tertiary/aromatic N) is 1. The second-order valence-electron chi connectivity index (χ2n) is 3.03. The average molecular weight is 213 g/mol. The molecule has 0 unspecified atom stereocenters. The zero-order valence-electron chi connectivity index (χ0n) is 7.39. The average Bonchev–Trinajstić information content (AvgIpc) is 2.42. The Morgan fingerprint density at radius 1 is 1.46 bits per heavy atom. The van der Waals surface area contributed by atoms with E-state index in [9.17, 15) is 0 Å². The summed E-state index contributed by atoms with van der Waals surface area (Å²) >= 11 is 7.59. The summed E-state index contributed by atoms with van der Waals surface area (Å²) < 4.78 is 1.09. The summed E-state index contributed by atoms with van der Waals surface area (Å²) in [4.78, 5) is 4.21. The second kappa shape index (κ2) is 2.86. The topological polar surface area (TPSA) is 38.9 Å². The minimum absolute atomic E-state index is 0.597. The Hall–Kier alpha value is -0.800. The molecule has 1 heterocycles. The van der Waals surface area contributed by atoms with Crippen LogP contribution in [0.15, 0.2) is 6.07 Å². The molecular weight excluding hydrogens is 204 g/mol. The van der Waals surface area contributed by atoms with E-state index in [1.807, 2.05) is 19.9 Å². The maximum absolute atomic E-state index is 6.10. The Morgan fingerprint density at radius 3 is 2.85 bits per heavy atom. The van der Waals surface area contributed by atoms with Gasteiger partial charge in [-0.3, -0.25) is 0 Å². The minimum Gasteiger partial charge on any atom is -0.375 e. The maximum atomic E-state index is 6.10. The van der Waals surface area contributed by atoms with Crippen molar-refractivity contribution >= 4 is 38.3 Å². The number of thiazole rings is 1. The summed E-state index contributed by atoms with van der Waals surface area (Å²) in [5.74, 6) is 0. The van der Waals surface area contributed by atoms with E-state index in [-0.39, 0.29) is 0 Å². The van der Waals surface area contributed by atoms with Crippen molar-refractivity contribution in [1.82, 2.24) is 4.98 Å². The number of halogens is 1. The molecule has 0 atom stereocenters. The largest absolute Gasteiger partial charge is 0.375 e. The van der Waals surface area contributed by atoms with Gasteiger partial charge in [-0.15, -0.1) is 0 Å². The molecule has 2 rings (SSSR count). The van der Waals surface area contributed by atoms with Crippen LogP contribution in [0.2, 0.25) is 5.02 Å². The van der Waals surface area contributed by atoms with Gasteiger partial charge in [0.1, 0.15) is 0 Å². The molecule has 13 heavy (non-hydrogen) atoms. The van der Waals surface area contributed by atoms with Crippen molar-refractivity contribution in [3.8, 4) is 0 Å². The van der Waals surface area contributed by atoms with Gasteiger partial charge in [0.2, 0.25) is 0 Å². The first-order chi connectivity index (χ1) is 6.09. The highest BCUT2D eigenvalue weighted by Gasteiger charge is 2.09. The van der Waals surface area contributed by atoms with E-state index in [0.29, 0.717) is 5.13 Å². The van der Waals surface area contributed by atoms with Gasteiger partial charge in [-0.05, 0) is 31.0 Å². The molecule has 0 saturated heterocycles. The molecule has 2 N–H and O–H groups in total. The van der Waals surface area contributed by atoms with Crippen molar-refractivity contribution in [2.24, 2.45) is 0 Å². The highest BCUT2D eigenvalue weighted by molar-refractivity contribution is 7.22. The summed E-state index contributed by atoms with van der Waals surface area (Å²) in [6, 6.07) is 1.97. The van der Waals surface area contributed by atoms with Gasteiger partial charge in [0.25, 0.3) is 0 Å². The predicted octanol–water partition coefficient (Wildman–Crippen LogP) is 3.15. The molecule has 0 aliphatic rings. The Bertz CT molecular complexity index is 476. The van der Waals surface area contributed by atoms with Crippen LogP contribution in [0.4, 0.5) is 5.13 Å². The number of anilines is 1. The first-order valence-electron chi connectivity index (χ1n) is 3.91. The van der Waals surface area contributed by atoms with Crippen molar-refractivity contribution in [3.05, 3.63) is 22.2 Å². The second-order valence-corrected chi connectivity index (χ2v) is 4.44. The first kappa shape index (κ1) is 8.78. The Kier molecular flexibility index (Phi) is 1.93. The summed E-state index contributed by atoms with van der Waals surface area (Å²) in [5.41, 5.74) is 8.70. The van der Waals surface area contributed by atoms with Gasteiger partial charge >= 0.3 is 0 Å². The van der Waals surface area contributed by atoms with Crippen LogP contribution in [0.3, 0.4) is 0 Å². The summed E-state index contributed by atoms with van der Waals surface area (Å²) in [5, 5.41) is 1.41. The molecule has 0 amide bonds. The molecule has 4 heteroatoms. The molecule has 0 saturated carbocycles. The number of nitrogen functional groups attached to an aromatic ring is 1. The van der Waals surface area contributed by atoms with Crippen molar-refractivity contribution < 1.29 is 0 Å².